The Bertz CT molecular complexity index is 914. The molecule has 2 unspecified atom stereocenters. The first-order valence-electron chi connectivity index (χ1n) is 13.9. The van der Waals surface area contributed by atoms with Gasteiger partial charge in [-0.3, -0.25) is 4.79 Å². The van der Waals surface area contributed by atoms with Gasteiger partial charge in [0.15, 0.2) is 17.6 Å². The lowest BCUT2D eigenvalue weighted by Crippen LogP contribution is -2.36. The van der Waals surface area contributed by atoms with Crippen LogP contribution in [0.25, 0.3) is 0 Å². The first-order chi connectivity index (χ1) is 18.6. The second kappa shape index (κ2) is 18.4. The van der Waals surface area contributed by atoms with Gasteiger partial charge in [0.1, 0.15) is 5.76 Å². The standard InChI is InChI=1S/C20H27NO6.C7H16.C3H6O2/c1-4-7-21-8-6-13-9-17-18(26-12-25-17)10-14(13)15(11-21)19(27-20(22)23)16(5-2)24-3;1-4-5-6-7(2)3;1-3(4)5-2/h5,9-10,15,19H,4,6-8,11-12H2,1-3H3,(H,22,23);7H,4-6H2,1-3H3;1-2H3/b16-5+;;. The molecule has 2 heterocycles. The number of fused-ring (bicyclic) bond motifs is 2. The van der Waals surface area contributed by atoms with Gasteiger partial charge in [-0.1, -0.05) is 47.0 Å². The maximum atomic E-state index is 11.4. The fourth-order valence-corrected chi connectivity index (χ4v) is 4.54. The Hall–Kier alpha value is -2.94. The van der Waals surface area contributed by atoms with Crippen LogP contribution in [0.2, 0.25) is 0 Å². The van der Waals surface area contributed by atoms with Crippen LogP contribution in [0.4, 0.5) is 4.79 Å². The van der Waals surface area contributed by atoms with Crippen molar-refractivity contribution in [3.05, 3.63) is 35.1 Å². The normalized spacial score (nSPS) is 16.9. The third-order valence-electron chi connectivity index (χ3n) is 6.54. The summed E-state index contributed by atoms with van der Waals surface area (Å²) in [5, 5.41) is 9.33. The molecule has 0 amide bonds. The number of methoxy groups -OCH3 is 2. The quantitative estimate of drug-likeness (QED) is 0.276. The maximum absolute atomic E-state index is 11.4. The van der Waals surface area contributed by atoms with E-state index in [0.717, 1.165) is 48.7 Å². The van der Waals surface area contributed by atoms with E-state index in [-0.39, 0.29) is 18.7 Å². The molecule has 1 aromatic carbocycles. The van der Waals surface area contributed by atoms with Crippen LogP contribution in [-0.2, 0) is 25.4 Å². The molecule has 0 aromatic heterocycles. The molecule has 9 nitrogen and oxygen atoms in total. The smallest absolute Gasteiger partial charge is 0.497 e. The van der Waals surface area contributed by atoms with E-state index < -0.39 is 12.3 Å². The summed E-state index contributed by atoms with van der Waals surface area (Å²) in [6.45, 7) is 14.8. The molecule has 2 aliphatic heterocycles. The maximum Gasteiger partial charge on any atom is 0.506 e. The van der Waals surface area contributed by atoms with Crippen molar-refractivity contribution < 1.29 is 38.4 Å². The van der Waals surface area contributed by atoms with Gasteiger partial charge in [-0.25, -0.2) is 4.79 Å². The Labute approximate surface area is 234 Å². The van der Waals surface area contributed by atoms with Crippen molar-refractivity contribution in [1.82, 2.24) is 4.90 Å². The molecule has 0 spiro atoms. The monoisotopic (exact) mass is 551 g/mol. The fourth-order valence-electron chi connectivity index (χ4n) is 4.54. The van der Waals surface area contributed by atoms with Gasteiger partial charge in [-0.2, -0.15) is 0 Å². The van der Waals surface area contributed by atoms with Crippen LogP contribution in [0, 0.1) is 5.92 Å². The van der Waals surface area contributed by atoms with Crippen LogP contribution in [0.5, 0.6) is 11.5 Å². The number of esters is 1. The number of carbonyl (C=O) groups is 2. The van der Waals surface area contributed by atoms with Gasteiger partial charge in [-0.05, 0) is 61.6 Å². The Morgan fingerprint density at radius 1 is 1.13 bits per heavy atom. The van der Waals surface area contributed by atoms with E-state index in [1.165, 1.54) is 40.4 Å². The van der Waals surface area contributed by atoms with E-state index in [4.69, 9.17) is 18.9 Å². The van der Waals surface area contributed by atoms with Crippen molar-refractivity contribution >= 4 is 12.1 Å². The van der Waals surface area contributed by atoms with Gasteiger partial charge in [0.05, 0.1) is 14.2 Å². The van der Waals surface area contributed by atoms with Crippen LogP contribution in [0.15, 0.2) is 24.0 Å². The molecule has 0 saturated heterocycles. The number of hydrogen-bond acceptors (Lipinski definition) is 8. The van der Waals surface area contributed by atoms with E-state index in [1.807, 2.05) is 19.1 Å². The lowest BCUT2D eigenvalue weighted by molar-refractivity contribution is -0.137. The summed E-state index contributed by atoms with van der Waals surface area (Å²) < 4.78 is 26.0. The zero-order chi connectivity index (χ0) is 29.4. The first-order valence-corrected chi connectivity index (χ1v) is 13.9. The largest absolute Gasteiger partial charge is 0.506 e. The Morgan fingerprint density at radius 3 is 2.23 bits per heavy atom. The molecule has 1 aromatic rings. The molecule has 0 aliphatic carbocycles. The molecule has 222 valence electrons. The van der Waals surface area contributed by atoms with Crippen LogP contribution in [-0.4, -0.2) is 68.9 Å². The fraction of sp³-hybridized carbons (Fsp3) is 0.667. The summed E-state index contributed by atoms with van der Waals surface area (Å²) in [4.78, 5) is 23.4. The minimum absolute atomic E-state index is 0.203. The summed E-state index contributed by atoms with van der Waals surface area (Å²) in [6.07, 6.45) is 5.75. The number of carbonyl (C=O) groups excluding carboxylic acids is 1. The second-order valence-electron chi connectivity index (χ2n) is 9.99. The Kier molecular flexibility index (Phi) is 16.1. The van der Waals surface area contributed by atoms with Gasteiger partial charge in [0, 0.05) is 25.9 Å². The van der Waals surface area contributed by atoms with Crippen molar-refractivity contribution in [2.75, 3.05) is 40.6 Å². The number of hydrogen-bond donors (Lipinski definition) is 1. The third kappa shape index (κ3) is 11.8. The number of carboxylic acid groups (broad SMARTS) is 1. The van der Waals surface area contributed by atoms with Gasteiger partial charge in [0.25, 0.3) is 0 Å². The van der Waals surface area contributed by atoms with E-state index in [1.54, 1.807) is 6.08 Å². The summed E-state index contributed by atoms with van der Waals surface area (Å²) in [5.41, 5.74) is 2.16. The zero-order valence-corrected chi connectivity index (χ0v) is 25.1. The van der Waals surface area contributed by atoms with Crippen LogP contribution in [0.1, 0.15) is 84.3 Å². The number of nitrogens with zero attached hydrogens (tertiary/aromatic N) is 1. The number of benzene rings is 1. The SMILES string of the molecule is C/C=C(/OC)C(OC(=O)O)C1CN(CCC)CCc2cc3c(cc21)OCO3.CCCCC(C)C.COC(C)=O. The predicted molar refractivity (Wildman–Crippen MR) is 151 cm³/mol. The molecule has 3 rings (SSSR count). The molecule has 1 N–H and O–H groups in total. The molecular weight excluding hydrogens is 502 g/mol. The molecule has 0 saturated carbocycles. The number of unbranched alkanes of at least 4 members (excludes halogenated alkanes) is 1. The summed E-state index contributed by atoms with van der Waals surface area (Å²) in [6, 6.07) is 3.99. The highest BCUT2D eigenvalue weighted by molar-refractivity contribution is 5.65. The van der Waals surface area contributed by atoms with Crippen molar-refractivity contribution in [1.29, 1.82) is 0 Å². The van der Waals surface area contributed by atoms with Crippen LogP contribution in [0.3, 0.4) is 0 Å². The predicted octanol–water partition coefficient (Wildman–Crippen LogP) is 6.39. The zero-order valence-electron chi connectivity index (χ0n) is 25.1. The van der Waals surface area contributed by atoms with Crippen molar-refractivity contribution in [2.45, 2.75) is 85.7 Å². The topological polar surface area (TPSA) is 104 Å². The van der Waals surface area contributed by atoms with Crippen molar-refractivity contribution in [3.8, 4) is 11.5 Å². The van der Waals surface area contributed by atoms with Crippen LogP contribution >= 0.6 is 0 Å². The lowest BCUT2D eigenvalue weighted by atomic mass is 9.87. The molecular formula is C30H49NO8. The molecule has 2 aliphatic rings. The third-order valence-corrected chi connectivity index (χ3v) is 6.54. The number of rotatable bonds is 9. The lowest BCUT2D eigenvalue weighted by Gasteiger charge is -2.31. The van der Waals surface area contributed by atoms with E-state index in [0.29, 0.717) is 18.1 Å². The highest BCUT2D eigenvalue weighted by Crippen LogP contribution is 2.41. The average molecular weight is 552 g/mol. The minimum atomic E-state index is -1.31. The Balaban J connectivity index is 0.000000531. The molecule has 0 fully saturated rings. The summed E-state index contributed by atoms with van der Waals surface area (Å²) in [5.74, 6) is 2.39. The second-order valence-corrected chi connectivity index (χ2v) is 9.99. The molecule has 9 heteroatoms. The van der Waals surface area contributed by atoms with Crippen LogP contribution < -0.4 is 9.47 Å². The first kappa shape index (κ1) is 34.1. The van der Waals surface area contributed by atoms with Gasteiger partial charge >= 0.3 is 12.1 Å². The van der Waals surface area contributed by atoms with Gasteiger partial charge in [-0.15, -0.1) is 0 Å². The Morgan fingerprint density at radius 2 is 1.77 bits per heavy atom. The van der Waals surface area contributed by atoms with E-state index >= 15 is 0 Å². The highest BCUT2D eigenvalue weighted by atomic mass is 16.7. The number of allylic oxidation sites excluding steroid dienone is 1. The van der Waals surface area contributed by atoms with Gasteiger partial charge in [0.2, 0.25) is 6.79 Å². The molecule has 39 heavy (non-hydrogen) atoms. The summed E-state index contributed by atoms with van der Waals surface area (Å²) in [7, 11) is 2.89. The highest BCUT2D eigenvalue weighted by Gasteiger charge is 2.36. The van der Waals surface area contributed by atoms with Crippen molar-refractivity contribution in [3.63, 3.8) is 0 Å². The molecule has 2 atom stereocenters. The van der Waals surface area contributed by atoms with Gasteiger partial charge < -0.3 is 33.7 Å². The average Bonchev–Trinajstić information content (AvgIpc) is 3.29. The summed E-state index contributed by atoms with van der Waals surface area (Å²) >= 11 is 0. The molecule has 0 bridgehead atoms. The van der Waals surface area contributed by atoms with E-state index in [9.17, 15) is 14.7 Å². The minimum Gasteiger partial charge on any atom is -0.497 e. The molecule has 0 radical (unpaired) electrons. The van der Waals surface area contributed by atoms with Crippen molar-refractivity contribution in [2.24, 2.45) is 5.92 Å². The number of ether oxygens (including phenoxy) is 5. The van der Waals surface area contributed by atoms with E-state index in [2.05, 4.69) is 37.3 Å².